The van der Waals surface area contributed by atoms with E-state index in [0.717, 1.165) is 53.2 Å². The first-order valence-corrected chi connectivity index (χ1v) is 10.8. The van der Waals surface area contributed by atoms with E-state index in [-0.39, 0.29) is 0 Å². The minimum absolute atomic E-state index is 0.616. The van der Waals surface area contributed by atoms with E-state index in [2.05, 4.69) is 20.0 Å². The van der Waals surface area contributed by atoms with Gasteiger partial charge in [0, 0.05) is 19.3 Å². The Morgan fingerprint density at radius 2 is 1.78 bits per heavy atom. The molecule has 1 aromatic carbocycles. The van der Waals surface area contributed by atoms with E-state index in [1.54, 1.807) is 13.3 Å². The quantitative estimate of drug-likeness (QED) is 0.464. The molecular weight excluding hydrogens is 404 g/mol. The molecule has 1 aliphatic rings. The van der Waals surface area contributed by atoms with Crippen LogP contribution in [0.2, 0.25) is 0 Å². The summed E-state index contributed by atoms with van der Waals surface area (Å²) in [7, 11) is 1.67. The first-order chi connectivity index (χ1) is 15.6. The van der Waals surface area contributed by atoms with Crippen LogP contribution in [0.4, 0.5) is 5.95 Å². The van der Waals surface area contributed by atoms with Crippen LogP contribution in [0.3, 0.4) is 0 Å². The molecule has 0 saturated carbocycles. The topological polar surface area (TPSA) is 86.3 Å². The molecule has 164 valence electrons. The lowest BCUT2D eigenvalue weighted by Crippen LogP contribution is -2.19. The molecule has 0 radical (unpaired) electrons. The molecule has 5 rings (SSSR count). The minimum atomic E-state index is 0.616. The lowest BCUT2D eigenvalue weighted by molar-refractivity contribution is 0.414. The summed E-state index contributed by atoms with van der Waals surface area (Å²) in [6, 6.07) is 8.02. The molecule has 1 fully saturated rings. The monoisotopic (exact) mass is 430 g/mol. The predicted molar refractivity (Wildman–Crippen MR) is 123 cm³/mol. The largest absolute Gasteiger partial charge is 0.497 e. The Kier molecular flexibility index (Phi) is 5.30. The lowest BCUT2D eigenvalue weighted by atomic mass is 10.2. The Balaban J connectivity index is 1.47. The van der Waals surface area contributed by atoms with Gasteiger partial charge in [0.05, 0.1) is 25.0 Å². The predicted octanol–water partition coefficient (Wildman–Crippen LogP) is 3.16. The first-order valence-electron chi connectivity index (χ1n) is 10.8. The van der Waals surface area contributed by atoms with Crippen LogP contribution in [0.5, 0.6) is 5.75 Å². The zero-order valence-corrected chi connectivity index (χ0v) is 18.6. The third-order valence-electron chi connectivity index (χ3n) is 5.68. The molecule has 32 heavy (non-hydrogen) atoms. The zero-order chi connectivity index (χ0) is 22.1. The van der Waals surface area contributed by atoms with E-state index in [1.807, 2.05) is 59.5 Å². The molecule has 4 aromatic rings. The van der Waals surface area contributed by atoms with Crippen LogP contribution in [-0.4, -0.2) is 54.5 Å². The average molecular weight is 431 g/mol. The fourth-order valence-electron chi connectivity index (χ4n) is 3.87. The molecule has 1 aliphatic heterocycles. The van der Waals surface area contributed by atoms with Gasteiger partial charge in [-0.3, -0.25) is 4.98 Å². The van der Waals surface area contributed by atoms with Gasteiger partial charge in [0.2, 0.25) is 5.95 Å². The number of anilines is 1. The summed E-state index contributed by atoms with van der Waals surface area (Å²) in [5.41, 5.74) is 3.68. The van der Waals surface area contributed by atoms with Gasteiger partial charge in [-0.25, -0.2) is 14.2 Å². The van der Waals surface area contributed by atoms with Crippen LogP contribution in [-0.2, 0) is 6.54 Å². The molecule has 0 aliphatic carbocycles. The van der Waals surface area contributed by atoms with Crippen LogP contribution in [0.25, 0.3) is 17.8 Å². The van der Waals surface area contributed by atoms with Gasteiger partial charge in [-0.05, 0) is 56.5 Å². The van der Waals surface area contributed by atoms with E-state index < -0.39 is 0 Å². The van der Waals surface area contributed by atoms with E-state index in [4.69, 9.17) is 14.8 Å². The maximum atomic E-state index is 5.27. The zero-order valence-electron chi connectivity index (χ0n) is 18.6. The Morgan fingerprint density at radius 1 is 1.00 bits per heavy atom. The van der Waals surface area contributed by atoms with Crippen molar-refractivity contribution in [3.63, 3.8) is 0 Å². The summed E-state index contributed by atoms with van der Waals surface area (Å²) >= 11 is 0. The molecule has 1 saturated heterocycles. The molecular formula is C23H26N8O. The number of fused-ring (bicyclic) bond motifs is 1. The van der Waals surface area contributed by atoms with Gasteiger partial charge in [0.25, 0.3) is 0 Å². The third kappa shape index (κ3) is 3.93. The molecule has 0 N–H and O–H groups in total. The highest BCUT2D eigenvalue weighted by Gasteiger charge is 2.18. The van der Waals surface area contributed by atoms with Crippen molar-refractivity contribution in [1.29, 1.82) is 0 Å². The number of rotatable bonds is 6. The van der Waals surface area contributed by atoms with Crippen molar-refractivity contribution in [3.8, 4) is 5.75 Å². The number of hydrogen-bond donors (Lipinski definition) is 0. The average Bonchev–Trinajstić information content (AvgIpc) is 3.55. The molecule has 9 heteroatoms. The van der Waals surface area contributed by atoms with Crippen molar-refractivity contribution in [1.82, 2.24) is 34.3 Å². The minimum Gasteiger partial charge on any atom is -0.497 e. The Morgan fingerprint density at radius 3 is 2.50 bits per heavy atom. The number of nitrogens with zero attached hydrogens (tertiary/aromatic N) is 8. The number of hydrogen-bond acceptors (Lipinski definition) is 7. The van der Waals surface area contributed by atoms with Crippen molar-refractivity contribution in [2.45, 2.75) is 33.2 Å². The van der Waals surface area contributed by atoms with Crippen LogP contribution in [0.15, 0.2) is 30.5 Å². The highest BCUT2D eigenvalue weighted by atomic mass is 16.5. The molecule has 0 atom stereocenters. The Hall–Kier alpha value is -3.75. The van der Waals surface area contributed by atoms with Gasteiger partial charge in [-0.1, -0.05) is 12.1 Å². The van der Waals surface area contributed by atoms with E-state index in [1.165, 1.54) is 12.8 Å². The van der Waals surface area contributed by atoms with E-state index >= 15 is 0 Å². The number of aryl methyl sites for hydroxylation is 2. The van der Waals surface area contributed by atoms with Crippen molar-refractivity contribution >= 4 is 23.7 Å². The summed E-state index contributed by atoms with van der Waals surface area (Å²) in [5.74, 6) is 3.00. The fraction of sp³-hybridized carbons (Fsp3) is 0.348. The van der Waals surface area contributed by atoms with Gasteiger partial charge in [0.1, 0.15) is 5.75 Å². The normalized spacial score (nSPS) is 14.2. The number of aromatic nitrogens is 7. The van der Waals surface area contributed by atoms with Crippen LogP contribution in [0.1, 0.15) is 41.4 Å². The second-order valence-electron chi connectivity index (χ2n) is 7.99. The molecule has 0 spiro atoms. The lowest BCUT2D eigenvalue weighted by Gasteiger charge is -2.11. The maximum absolute atomic E-state index is 5.27. The van der Waals surface area contributed by atoms with Crippen molar-refractivity contribution in [3.05, 3.63) is 59.1 Å². The molecule has 0 amide bonds. The maximum Gasteiger partial charge on any atom is 0.245 e. The van der Waals surface area contributed by atoms with Gasteiger partial charge >= 0.3 is 0 Å². The second kappa shape index (κ2) is 8.41. The SMILES string of the molecule is COc1ccc(Cn2nc(N3CCCC3)nc2C=Cc2nc3c(C)ncc(C)n3n2)cc1. The highest BCUT2D eigenvalue weighted by molar-refractivity contribution is 5.65. The summed E-state index contributed by atoms with van der Waals surface area (Å²) in [4.78, 5) is 16.1. The van der Waals surface area contributed by atoms with Gasteiger partial charge in [-0.2, -0.15) is 4.98 Å². The highest BCUT2D eigenvalue weighted by Crippen LogP contribution is 2.19. The summed E-state index contributed by atoms with van der Waals surface area (Å²) in [5, 5.41) is 9.41. The second-order valence-corrected chi connectivity index (χ2v) is 7.99. The smallest absolute Gasteiger partial charge is 0.245 e. The summed E-state index contributed by atoms with van der Waals surface area (Å²) in [6.45, 7) is 6.51. The molecule has 4 heterocycles. The van der Waals surface area contributed by atoms with Gasteiger partial charge < -0.3 is 9.64 Å². The van der Waals surface area contributed by atoms with Gasteiger partial charge in [0.15, 0.2) is 17.3 Å². The van der Waals surface area contributed by atoms with Crippen LogP contribution in [0, 0.1) is 13.8 Å². The van der Waals surface area contributed by atoms with E-state index in [9.17, 15) is 0 Å². The van der Waals surface area contributed by atoms with Crippen LogP contribution < -0.4 is 9.64 Å². The van der Waals surface area contributed by atoms with Crippen molar-refractivity contribution in [2.24, 2.45) is 0 Å². The van der Waals surface area contributed by atoms with Crippen molar-refractivity contribution < 1.29 is 4.74 Å². The number of benzene rings is 1. The van der Waals surface area contributed by atoms with E-state index in [0.29, 0.717) is 12.4 Å². The van der Waals surface area contributed by atoms with Crippen molar-refractivity contribution in [2.75, 3.05) is 25.1 Å². The molecule has 0 unspecified atom stereocenters. The molecule has 3 aromatic heterocycles. The summed E-state index contributed by atoms with van der Waals surface area (Å²) in [6.07, 6.45) is 7.97. The standard InChI is InChI=1S/C23H26N8O/c1-16-14-24-17(2)22-25-20(27-31(16)22)10-11-21-26-23(29-12-4-5-13-29)28-30(21)15-18-6-8-19(32-3)9-7-18/h6-11,14H,4-5,12-13,15H2,1-3H3. The third-order valence-corrected chi connectivity index (χ3v) is 5.68. The molecule has 9 nitrogen and oxygen atoms in total. The number of methoxy groups -OCH3 is 1. The van der Waals surface area contributed by atoms with Crippen LogP contribution >= 0.6 is 0 Å². The number of ether oxygens (including phenoxy) is 1. The van der Waals surface area contributed by atoms with Gasteiger partial charge in [-0.15, -0.1) is 10.2 Å². The first kappa shape index (κ1) is 20.2. The fourth-order valence-corrected chi connectivity index (χ4v) is 3.87. The summed E-state index contributed by atoms with van der Waals surface area (Å²) < 4.78 is 9.02. The Labute approximate surface area is 186 Å². The Bertz CT molecular complexity index is 1230. The molecule has 0 bridgehead atoms.